The van der Waals surface area contributed by atoms with Crippen molar-refractivity contribution in [3.05, 3.63) is 35.4 Å². The minimum Gasteiger partial charge on any atom is -0.469 e. The van der Waals surface area contributed by atoms with E-state index in [1.807, 2.05) is 12.1 Å². The molecule has 0 radical (unpaired) electrons. The molecule has 86 valence electrons. The Morgan fingerprint density at radius 1 is 1.25 bits per heavy atom. The summed E-state index contributed by atoms with van der Waals surface area (Å²) in [4.78, 5) is 4.56. The summed E-state index contributed by atoms with van der Waals surface area (Å²) in [6, 6.07) is 8.25. The smallest absolute Gasteiger partial charge is 0.217 e. The van der Waals surface area contributed by atoms with Gasteiger partial charge in [0, 0.05) is 5.56 Å². The Hall–Kier alpha value is -1.31. The molecule has 1 aliphatic heterocycles. The monoisotopic (exact) mass is 217 g/mol. The lowest BCUT2D eigenvalue weighted by molar-refractivity contribution is 0.0795. The van der Waals surface area contributed by atoms with Crippen LogP contribution in [0.4, 0.5) is 0 Å². The molecule has 1 aliphatic rings. The van der Waals surface area contributed by atoms with E-state index in [1.54, 1.807) is 0 Å². The molecule has 0 fully saturated rings. The summed E-state index contributed by atoms with van der Waals surface area (Å²) in [7, 11) is 0. The maximum Gasteiger partial charge on any atom is 0.217 e. The lowest BCUT2D eigenvalue weighted by Crippen LogP contribution is -2.31. The van der Waals surface area contributed by atoms with Crippen LogP contribution in [0.2, 0.25) is 0 Å². The van der Waals surface area contributed by atoms with Gasteiger partial charge < -0.3 is 4.74 Å². The van der Waals surface area contributed by atoms with Gasteiger partial charge >= 0.3 is 0 Å². The second kappa shape index (κ2) is 4.28. The van der Waals surface area contributed by atoms with Crippen LogP contribution in [-0.2, 0) is 4.74 Å². The Morgan fingerprint density at radius 3 is 2.50 bits per heavy atom. The number of rotatable bonds is 3. The molecule has 0 amide bonds. The standard InChI is InChI=1S/C14H19NO/c1-4-14(5-2)10-15-13(16-14)12-9-7-6-8-11(12)3/h6-9H,4-5,10H2,1-3H3. The third kappa shape index (κ3) is 1.84. The molecule has 0 atom stereocenters. The van der Waals surface area contributed by atoms with Crippen LogP contribution in [0.3, 0.4) is 0 Å². The second-order valence-corrected chi connectivity index (χ2v) is 4.43. The van der Waals surface area contributed by atoms with Crippen LogP contribution < -0.4 is 0 Å². The summed E-state index contributed by atoms with van der Waals surface area (Å²) in [5.41, 5.74) is 2.30. The summed E-state index contributed by atoms with van der Waals surface area (Å²) < 4.78 is 6.06. The van der Waals surface area contributed by atoms with Gasteiger partial charge in [-0.25, -0.2) is 4.99 Å². The lowest BCUT2D eigenvalue weighted by Gasteiger charge is -2.25. The van der Waals surface area contributed by atoms with Crippen molar-refractivity contribution >= 4 is 5.90 Å². The second-order valence-electron chi connectivity index (χ2n) is 4.43. The quantitative estimate of drug-likeness (QED) is 0.761. The van der Waals surface area contributed by atoms with Gasteiger partial charge in [-0.1, -0.05) is 32.0 Å². The Kier molecular flexibility index (Phi) is 2.99. The molecule has 1 aromatic carbocycles. The van der Waals surface area contributed by atoms with Gasteiger partial charge in [0.05, 0.1) is 6.54 Å². The van der Waals surface area contributed by atoms with Gasteiger partial charge in [-0.2, -0.15) is 0 Å². The largest absolute Gasteiger partial charge is 0.469 e. The summed E-state index contributed by atoms with van der Waals surface area (Å²) in [6.45, 7) is 7.22. The third-order valence-electron chi connectivity index (χ3n) is 3.49. The SMILES string of the molecule is CCC1(CC)CN=C(c2ccccc2C)O1. The summed E-state index contributed by atoms with van der Waals surface area (Å²) in [5, 5.41) is 0. The molecule has 0 N–H and O–H groups in total. The molecule has 2 rings (SSSR count). The topological polar surface area (TPSA) is 21.6 Å². The molecule has 0 saturated heterocycles. The number of benzene rings is 1. The van der Waals surface area contributed by atoms with Crippen molar-refractivity contribution in [1.29, 1.82) is 0 Å². The summed E-state index contributed by atoms with van der Waals surface area (Å²) in [5.74, 6) is 0.821. The van der Waals surface area contributed by atoms with Crippen LogP contribution in [0.15, 0.2) is 29.3 Å². The number of hydrogen-bond donors (Lipinski definition) is 0. The average molecular weight is 217 g/mol. The highest BCUT2D eigenvalue weighted by molar-refractivity contribution is 5.96. The minimum atomic E-state index is -0.0579. The normalized spacial score (nSPS) is 18.1. The van der Waals surface area contributed by atoms with E-state index in [-0.39, 0.29) is 5.60 Å². The fourth-order valence-electron chi connectivity index (χ4n) is 2.06. The van der Waals surface area contributed by atoms with Gasteiger partial charge in [0.1, 0.15) is 5.60 Å². The highest BCUT2D eigenvalue weighted by atomic mass is 16.5. The number of ether oxygens (including phenoxy) is 1. The lowest BCUT2D eigenvalue weighted by atomic mass is 9.98. The molecule has 0 unspecified atom stereocenters. The van der Waals surface area contributed by atoms with Crippen molar-refractivity contribution < 1.29 is 4.74 Å². The predicted molar refractivity (Wildman–Crippen MR) is 67.0 cm³/mol. The first-order valence-corrected chi connectivity index (χ1v) is 6.00. The minimum absolute atomic E-state index is 0.0579. The molecular weight excluding hydrogens is 198 g/mol. The van der Waals surface area contributed by atoms with Crippen molar-refractivity contribution in [3.63, 3.8) is 0 Å². The summed E-state index contributed by atoms with van der Waals surface area (Å²) >= 11 is 0. The van der Waals surface area contributed by atoms with E-state index in [9.17, 15) is 0 Å². The van der Waals surface area contributed by atoms with E-state index >= 15 is 0 Å². The third-order valence-corrected chi connectivity index (χ3v) is 3.49. The van der Waals surface area contributed by atoms with E-state index in [0.717, 1.165) is 30.8 Å². The maximum absolute atomic E-state index is 6.06. The Labute approximate surface area is 97.4 Å². The first-order chi connectivity index (χ1) is 7.71. The van der Waals surface area contributed by atoms with Crippen molar-refractivity contribution in [2.75, 3.05) is 6.54 Å². The van der Waals surface area contributed by atoms with Crippen LogP contribution in [0.5, 0.6) is 0 Å². The molecule has 0 aromatic heterocycles. The number of aryl methyl sites for hydroxylation is 1. The highest BCUT2D eigenvalue weighted by Gasteiger charge is 2.35. The van der Waals surface area contributed by atoms with Gasteiger partial charge in [0.2, 0.25) is 5.90 Å². The fraction of sp³-hybridized carbons (Fsp3) is 0.500. The van der Waals surface area contributed by atoms with Crippen LogP contribution in [0.25, 0.3) is 0 Å². The molecule has 2 nitrogen and oxygen atoms in total. The van der Waals surface area contributed by atoms with E-state index < -0.39 is 0 Å². The average Bonchev–Trinajstić information content (AvgIpc) is 2.75. The zero-order chi connectivity index (χ0) is 11.6. The number of nitrogens with zero attached hydrogens (tertiary/aromatic N) is 1. The molecule has 16 heavy (non-hydrogen) atoms. The Bertz CT molecular complexity index is 405. The van der Waals surface area contributed by atoms with E-state index in [4.69, 9.17) is 4.74 Å². The molecule has 0 spiro atoms. The first kappa shape index (κ1) is 11.2. The molecule has 0 aliphatic carbocycles. The van der Waals surface area contributed by atoms with Crippen molar-refractivity contribution in [3.8, 4) is 0 Å². The first-order valence-electron chi connectivity index (χ1n) is 6.00. The summed E-state index contributed by atoms with van der Waals surface area (Å²) in [6.07, 6.45) is 2.03. The van der Waals surface area contributed by atoms with E-state index in [0.29, 0.717) is 0 Å². The van der Waals surface area contributed by atoms with E-state index in [2.05, 4.69) is 37.9 Å². The zero-order valence-corrected chi connectivity index (χ0v) is 10.3. The van der Waals surface area contributed by atoms with Gasteiger partial charge in [0.15, 0.2) is 0 Å². The number of aliphatic imine (C=N–C) groups is 1. The van der Waals surface area contributed by atoms with Crippen molar-refractivity contribution in [2.45, 2.75) is 39.2 Å². The van der Waals surface area contributed by atoms with Crippen LogP contribution >= 0.6 is 0 Å². The predicted octanol–water partition coefficient (Wildman–Crippen LogP) is 3.33. The molecule has 0 bridgehead atoms. The van der Waals surface area contributed by atoms with Gasteiger partial charge in [0.25, 0.3) is 0 Å². The van der Waals surface area contributed by atoms with E-state index in [1.165, 1.54) is 5.56 Å². The molecule has 0 saturated carbocycles. The van der Waals surface area contributed by atoms with Gasteiger partial charge in [-0.15, -0.1) is 0 Å². The molecular formula is C14H19NO. The van der Waals surface area contributed by atoms with Crippen LogP contribution in [-0.4, -0.2) is 18.0 Å². The van der Waals surface area contributed by atoms with Crippen molar-refractivity contribution in [1.82, 2.24) is 0 Å². The molecule has 1 heterocycles. The zero-order valence-electron chi connectivity index (χ0n) is 10.3. The van der Waals surface area contributed by atoms with Crippen molar-refractivity contribution in [2.24, 2.45) is 4.99 Å². The van der Waals surface area contributed by atoms with Gasteiger partial charge in [-0.3, -0.25) is 0 Å². The highest BCUT2D eigenvalue weighted by Crippen LogP contribution is 2.29. The Balaban J connectivity index is 2.24. The Morgan fingerprint density at radius 2 is 1.94 bits per heavy atom. The van der Waals surface area contributed by atoms with Crippen LogP contribution in [0, 0.1) is 6.92 Å². The van der Waals surface area contributed by atoms with Gasteiger partial charge in [-0.05, 0) is 31.4 Å². The van der Waals surface area contributed by atoms with Crippen LogP contribution in [0.1, 0.15) is 37.8 Å². The maximum atomic E-state index is 6.06. The fourth-order valence-corrected chi connectivity index (χ4v) is 2.06. The molecule has 1 aromatic rings. The number of hydrogen-bond acceptors (Lipinski definition) is 2. The molecule has 2 heteroatoms.